The SMILES string of the molecule is ClCCCC/C=C/ON=C(c1ccccc1)c1ccccc1. The van der Waals surface area contributed by atoms with Crippen LogP contribution in [0.5, 0.6) is 0 Å². The van der Waals surface area contributed by atoms with Gasteiger partial charge in [0.05, 0.1) is 0 Å². The number of hydrogen-bond donors (Lipinski definition) is 0. The maximum absolute atomic E-state index is 5.64. The van der Waals surface area contributed by atoms with Gasteiger partial charge in [-0.2, -0.15) is 0 Å². The Balaban J connectivity index is 2.07. The van der Waals surface area contributed by atoms with Crippen molar-refractivity contribution in [1.29, 1.82) is 0 Å². The minimum Gasteiger partial charge on any atom is -0.365 e. The molecule has 0 aromatic heterocycles. The quantitative estimate of drug-likeness (QED) is 0.211. The Kier molecular flexibility index (Phi) is 7.27. The molecule has 2 nitrogen and oxygen atoms in total. The van der Waals surface area contributed by atoms with Crippen LogP contribution in [0.1, 0.15) is 30.4 Å². The van der Waals surface area contributed by atoms with Crippen molar-refractivity contribution in [3.63, 3.8) is 0 Å². The van der Waals surface area contributed by atoms with Crippen LogP contribution >= 0.6 is 11.6 Å². The van der Waals surface area contributed by atoms with Gasteiger partial charge in [-0.1, -0.05) is 65.8 Å². The molecule has 0 atom stereocenters. The highest BCUT2D eigenvalue weighted by Crippen LogP contribution is 2.11. The normalized spacial score (nSPS) is 10.6. The molecule has 0 amide bonds. The van der Waals surface area contributed by atoms with Crippen LogP contribution in [0.25, 0.3) is 0 Å². The smallest absolute Gasteiger partial charge is 0.118 e. The van der Waals surface area contributed by atoms with E-state index in [1.54, 1.807) is 6.26 Å². The third kappa shape index (κ3) is 5.38. The van der Waals surface area contributed by atoms with E-state index >= 15 is 0 Å². The fraction of sp³-hybridized carbons (Fsp3) is 0.211. The zero-order chi connectivity index (χ0) is 15.5. The van der Waals surface area contributed by atoms with Crippen molar-refractivity contribution in [2.45, 2.75) is 19.3 Å². The molecule has 2 aromatic rings. The largest absolute Gasteiger partial charge is 0.365 e. The van der Waals surface area contributed by atoms with Crippen molar-refractivity contribution in [3.8, 4) is 0 Å². The summed E-state index contributed by atoms with van der Waals surface area (Å²) >= 11 is 5.64. The van der Waals surface area contributed by atoms with Gasteiger partial charge in [-0.05, 0) is 25.3 Å². The second-order valence-electron chi connectivity index (χ2n) is 4.83. The van der Waals surface area contributed by atoms with E-state index in [1.165, 1.54) is 0 Å². The Hall–Kier alpha value is -2.06. The van der Waals surface area contributed by atoms with Crippen LogP contribution in [-0.4, -0.2) is 11.6 Å². The number of halogens is 1. The summed E-state index contributed by atoms with van der Waals surface area (Å²) in [5.74, 6) is 0.707. The van der Waals surface area contributed by atoms with E-state index < -0.39 is 0 Å². The molecule has 0 aliphatic carbocycles. The maximum Gasteiger partial charge on any atom is 0.118 e. The number of unbranched alkanes of at least 4 members (excludes halogenated alkanes) is 2. The second-order valence-corrected chi connectivity index (χ2v) is 5.21. The number of nitrogens with zero attached hydrogens (tertiary/aromatic N) is 1. The lowest BCUT2D eigenvalue weighted by atomic mass is 10.0. The summed E-state index contributed by atoms with van der Waals surface area (Å²) in [5.41, 5.74) is 2.89. The molecule has 0 N–H and O–H groups in total. The molecule has 3 heteroatoms. The number of oxime groups is 1. The first-order valence-electron chi connectivity index (χ1n) is 7.47. The molecule has 114 valence electrons. The molecule has 0 bridgehead atoms. The molecular formula is C19H20ClNO. The number of alkyl halides is 1. The first-order valence-corrected chi connectivity index (χ1v) is 8.01. The van der Waals surface area contributed by atoms with Crippen LogP contribution in [0, 0.1) is 0 Å². The third-order valence-electron chi connectivity index (χ3n) is 3.15. The molecule has 0 fully saturated rings. The molecule has 2 rings (SSSR count). The minimum atomic E-state index is 0.707. The highest BCUT2D eigenvalue weighted by molar-refractivity contribution is 6.17. The van der Waals surface area contributed by atoms with Gasteiger partial charge >= 0.3 is 0 Å². The number of rotatable bonds is 8. The Morgan fingerprint density at radius 2 is 1.50 bits per heavy atom. The van der Waals surface area contributed by atoms with E-state index in [-0.39, 0.29) is 0 Å². The number of hydrogen-bond acceptors (Lipinski definition) is 2. The topological polar surface area (TPSA) is 21.6 Å². The summed E-state index contributed by atoms with van der Waals surface area (Å²) in [6, 6.07) is 20.1. The first-order chi connectivity index (χ1) is 10.9. The van der Waals surface area contributed by atoms with Gasteiger partial charge in [0.15, 0.2) is 0 Å². The van der Waals surface area contributed by atoms with Gasteiger partial charge in [-0.3, -0.25) is 0 Å². The summed E-state index contributed by atoms with van der Waals surface area (Å²) < 4.78 is 0. The van der Waals surface area contributed by atoms with Crippen LogP contribution in [0.3, 0.4) is 0 Å². The summed E-state index contributed by atoms with van der Waals surface area (Å²) in [6.45, 7) is 0. The summed E-state index contributed by atoms with van der Waals surface area (Å²) in [7, 11) is 0. The fourth-order valence-electron chi connectivity index (χ4n) is 2.02. The van der Waals surface area contributed by atoms with Crippen molar-refractivity contribution in [2.75, 3.05) is 5.88 Å². The van der Waals surface area contributed by atoms with Crippen LogP contribution in [0.4, 0.5) is 0 Å². The summed E-state index contributed by atoms with van der Waals surface area (Å²) in [6.07, 6.45) is 6.66. The molecule has 0 aliphatic heterocycles. The van der Waals surface area contributed by atoms with Gasteiger partial charge in [0.1, 0.15) is 12.0 Å². The van der Waals surface area contributed by atoms with Crippen LogP contribution < -0.4 is 0 Å². The van der Waals surface area contributed by atoms with Crippen molar-refractivity contribution >= 4 is 17.3 Å². The fourth-order valence-corrected chi connectivity index (χ4v) is 2.20. The molecule has 0 heterocycles. The van der Waals surface area contributed by atoms with Gasteiger partial charge < -0.3 is 4.84 Å². The zero-order valence-corrected chi connectivity index (χ0v) is 13.2. The van der Waals surface area contributed by atoms with Crippen molar-refractivity contribution in [1.82, 2.24) is 0 Å². The average Bonchev–Trinajstić information content (AvgIpc) is 2.59. The summed E-state index contributed by atoms with van der Waals surface area (Å²) in [5, 5.41) is 4.29. The highest BCUT2D eigenvalue weighted by Gasteiger charge is 2.06. The molecule has 0 radical (unpaired) electrons. The Morgan fingerprint density at radius 3 is 2.05 bits per heavy atom. The monoisotopic (exact) mass is 313 g/mol. The molecule has 0 aliphatic rings. The van der Waals surface area contributed by atoms with Gasteiger partial charge in [0, 0.05) is 17.0 Å². The first kappa shape index (κ1) is 16.3. The van der Waals surface area contributed by atoms with Gasteiger partial charge in [0.2, 0.25) is 0 Å². The highest BCUT2D eigenvalue weighted by atomic mass is 35.5. The van der Waals surface area contributed by atoms with Crippen molar-refractivity contribution in [3.05, 3.63) is 84.1 Å². The Bertz CT molecular complexity index is 552. The van der Waals surface area contributed by atoms with E-state index in [4.69, 9.17) is 16.4 Å². The van der Waals surface area contributed by atoms with Gasteiger partial charge in [-0.15, -0.1) is 11.6 Å². The molecule has 22 heavy (non-hydrogen) atoms. The van der Waals surface area contributed by atoms with Gasteiger partial charge in [-0.25, -0.2) is 0 Å². The molecule has 0 saturated heterocycles. The molecule has 2 aromatic carbocycles. The van der Waals surface area contributed by atoms with Crippen LogP contribution in [-0.2, 0) is 4.84 Å². The van der Waals surface area contributed by atoms with Gasteiger partial charge in [0.25, 0.3) is 0 Å². The van der Waals surface area contributed by atoms with Crippen LogP contribution in [0.2, 0.25) is 0 Å². The number of benzene rings is 2. The van der Waals surface area contributed by atoms with Crippen molar-refractivity contribution < 1.29 is 4.84 Å². The standard InChI is InChI=1S/C19H20ClNO/c20-15-9-1-2-10-16-22-21-19(17-11-5-3-6-12-17)18-13-7-4-8-14-18/h3-8,10-14,16H,1-2,9,15H2/b16-10+. The Labute approximate surface area is 137 Å². The van der Waals surface area contributed by atoms with E-state index in [0.717, 1.165) is 36.1 Å². The molecule has 0 unspecified atom stereocenters. The lowest BCUT2D eigenvalue weighted by Gasteiger charge is -2.05. The lowest BCUT2D eigenvalue weighted by Crippen LogP contribution is -2.03. The zero-order valence-electron chi connectivity index (χ0n) is 12.5. The van der Waals surface area contributed by atoms with Crippen LogP contribution in [0.15, 0.2) is 78.2 Å². The molecular weight excluding hydrogens is 294 g/mol. The van der Waals surface area contributed by atoms with Crippen molar-refractivity contribution in [2.24, 2.45) is 5.16 Å². The molecule has 0 spiro atoms. The van der Waals surface area contributed by atoms with E-state index in [2.05, 4.69) is 5.16 Å². The predicted molar refractivity (Wildman–Crippen MR) is 93.3 cm³/mol. The maximum atomic E-state index is 5.64. The van der Waals surface area contributed by atoms with E-state index in [1.807, 2.05) is 66.7 Å². The third-order valence-corrected chi connectivity index (χ3v) is 3.42. The second kappa shape index (κ2) is 9.80. The van der Waals surface area contributed by atoms with E-state index in [9.17, 15) is 0 Å². The number of allylic oxidation sites excluding steroid dienone is 1. The summed E-state index contributed by atoms with van der Waals surface area (Å²) in [4.78, 5) is 5.36. The average molecular weight is 314 g/mol. The lowest BCUT2D eigenvalue weighted by molar-refractivity contribution is 0.267. The minimum absolute atomic E-state index is 0.707. The van der Waals surface area contributed by atoms with E-state index in [0.29, 0.717) is 5.88 Å². The predicted octanol–water partition coefficient (Wildman–Crippen LogP) is 5.38. The Morgan fingerprint density at radius 1 is 0.909 bits per heavy atom. The molecule has 0 saturated carbocycles.